The number of ether oxygens (including phenoxy) is 1. The fraction of sp³-hybridized carbons (Fsp3) is 0.364. The lowest BCUT2D eigenvalue weighted by molar-refractivity contribution is -0.122. The summed E-state index contributed by atoms with van der Waals surface area (Å²) in [6.45, 7) is 5.31. The van der Waals surface area contributed by atoms with Gasteiger partial charge in [-0.15, -0.1) is 0 Å². The SMILES string of the molecule is CCc1ccccc1O[C@H](C)C(=O)Nc1ccccc1C(=O)N1CCCC1. The second-order valence-corrected chi connectivity index (χ2v) is 6.76. The van der Waals surface area contributed by atoms with Crippen molar-refractivity contribution in [3.63, 3.8) is 0 Å². The van der Waals surface area contributed by atoms with Crippen LogP contribution in [0.3, 0.4) is 0 Å². The summed E-state index contributed by atoms with van der Waals surface area (Å²) in [5, 5.41) is 2.86. The summed E-state index contributed by atoms with van der Waals surface area (Å²) >= 11 is 0. The van der Waals surface area contributed by atoms with Crippen LogP contribution in [0.1, 0.15) is 42.6 Å². The molecule has 2 aromatic rings. The average molecular weight is 366 g/mol. The van der Waals surface area contributed by atoms with Gasteiger partial charge in [0.2, 0.25) is 0 Å². The zero-order valence-corrected chi connectivity index (χ0v) is 15.9. The number of hydrogen-bond donors (Lipinski definition) is 1. The molecule has 5 heteroatoms. The highest BCUT2D eigenvalue weighted by Gasteiger charge is 2.23. The third-order valence-electron chi connectivity index (χ3n) is 4.84. The van der Waals surface area contributed by atoms with Gasteiger partial charge in [0.1, 0.15) is 5.75 Å². The number of anilines is 1. The number of carbonyl (C=O) groups excluding carboxylic acids is 2. The molecule has 0 aliphatic carbocycles. The van der Waals surface area contributed by atoms with Crippen molar-refractivity contribution in [1.82, 2.24) is 4.90 Å². The van der Waals surface area contributed by atoms with Gasteiger partial charge in [0.15, 0.2) is 6.10 Å². The average Bonchev–Trinajstić information content (AvgIpc) is 3.23. The van der Waals surface area contributed by atoms with E-state index in [1.54, 1.807) is 19.1 Å². The van der Waals surface area contributed by atoms with E-state index in [2.05, 4.69) is 5.32 Å². The van der Waals surface area contributed by atoms with E-state index in [4.69, 9.17) is 4.74 Å². The number of amides is 2. The third kappa shape index (κ3) is 4.48. The first-order chi connectivity index (χ1) is 13.1. The van der Waals surface area contributed by atoms with E-state index in [0.717, 1.165) is 37.9 Å². The number of rotatable bonds is 6. The Kier molecular flexibility index (Phi) is 6.12. The molecule has 1 saturated heterocycles. The summed E-state index contributed by atoms with van der Waals surface area (Å²) in [6, 6.07) is 14.9. The monoisotopic (exact) mass is 366 g/mol. The Balaban J connectivity index is 1.71. The second kappa shape index (κ2) is 8.71. The van der Waals surface area contributed by atoms with Crippen LogP contribution in [-0.2, 0) is 11.2 Å². The summed E-state index contributed by atoms with van der Waals surface area (Å²) in [7, 11) is 0. The van der Waals surface area contributed by atoms with E-state index in [9.17, 15) is 9.59 Å². The summed E-state index contributed by atoms with van der Waals surface area (Å²) in [5.74, 6) is 0.403. The van der Waals surface area contributed by atoms with Crippen molar-refractivity contribution in [1.29, 1.82) is 0 Å². The molecule has 142 valence electrons. The first kappa shape index (κ1) is 19.0. The number of carbonyl (C=O) groups is 2. The molecular formula is C22H26N2O3. The van der Waals surface area contributed by atoms with Gasteiger partial charge >= 0.3 is 0 Å². The van der Waals surface area contributed by atoms with Gasteiger partial charge in [0.05, 0.1) is 11.3 Å². The smallest absolute Gasteiger partial charge is 0.265 e. The lowest BCUT2D eigenvalue weighted by Crippen LogP contribution is -2.32. The largest absolute Gasteiger partial charge is 0.481 e. The molecule has 0 saturated carbocycles. The maximum atomic E-state index is 12.7. The Hall–Kier alpha value is -2.82. The molecule has 0 spiro atoms. The van der Waals surface area contributed by atoms with Crippen LogP contribution in [0.2, 0.25) is 0 Å². The minimum atomic E-state index is -0.673. The molecule has 0 radical (unpaired) electrons. The van der Waals surface area contributed by atoms with Crippen LogP contribution < -0.4 is 10.1 Å². The van der Waals surface area contributed by atoms with Crippen LogP contribution in [0.15, 0.2) is 48.5 Å². The maximum Gasteiger partial charge on any atom is 0.265 e. The van der Waals surface area contributed by atoms with E-state index in [1.807, 2.05) is 48.2 Å². The predicted molar refractivity (Wildman–Crippen MR) is 106 cm³/mol. The van der Waals surface area contributed by atoms with Crippen LogP contribution >= 0.6 is 0 Å². The van der Waals surface area contributed by atoms with E-state index < -0.39 is 6.10 Å². The molecule has 1 aliphatic heterocycles. The minimum absolute atomic E-state index is 0.0340. The lowest BCUT2D eigenvalue weighted by Gasteiger charge is -2.20. The van der Waals surface area contributed by atoms with Crippen molar-refractivity contribution in [2.45, 2.75) is 39.2 Å². The summed E-state index contributed by atoms with van der Waals surface area (Å²) < 4.78 is 5.86. The van der Waals surface area contributed by atoms with Crippen LogP contribution in [0, 0.1) is 0 Å². The lowest BCUT2D eigenvalue weighted by atomic mass is 10.1. The molecule has 0 aromatic heterocycles. The Labute approximate surface area is 160 Å². The van der Waals surface area contributed by atoms with Crippen LogP contribution in [-0.4, -0.2) is 35.9 Å². The Morgan fingerprint density at radius 1 is 1.07 bits per heavy atom. The number of benzene rings is 2. The predicted octanol–water partition coefficient (Wildman–Crippen LogP) is 3.89. The van der Waals surface area contributed by atoms with Gasteiger partial charge in [-0.2, -0.15) is 0 Å². The van der Waals surface area contributed by atoms with Crippen molar-refractivity contribution in [2.75, 3.05) is 18.4 Å². The fourth-order valence-corrected chi connectivity index (χ4v) is 3.26. The van der Waals surface area contributed by atoms with Gasteiger partial charge in [0.25, 0.3) is 11.8 Å². The maximum absolute atomic E-state index is 12.7. The summed E-state index contributed by atoms with van der Waals surface area (Å²) in [6.07, 6.45) is 2.22. The summed E-state index contributed by atoms with van der Waals surface area (Å²) in [5.41, 5.74) is 2.11. The van der Waals surface area contributed by atoms with Crippen molar-refractivity contribution in [3.05, 3.63) is 59.7 Å². The normalized spacial score (nSPS) is 14.7. The molecule has 2 amide bonds. The highest BCUT2D eigenvalue weighted by Crippen LogP contribution is 2.22. The van der Waals surface area contributed by atoms with Gasteiger partial charge in [-0.05, 0) is 49.9 Å². The molecule has 1 atom stereocenters. The molecule has 0 bridgehead atoms. The first-order valence-corrected chi connectivity index (χ1v) is 9.54. The molecule has 1 N–H and O–H groups in total. The van der Waals surface area contributed by atoms with E-state index in [0.29, 0.717) is 17.0 Å². The number of nitrogens with zero attached hydrogens (tertiary/aromatic N) is 1. The zero-order chi connectivity index (χ0) is 19.2. The van der Waals surface area contributed by atoms with Crippen LogP contribution in [0.4, 0.5) is 5.69 Å². The molecule has 2 aromatic carbocycles. The van der Waals surface area contributed by atoms with Gasteiger partial charge in [-0.25, -0.2) is 0 Å². The van der Waals surface area contributed by atoms with Crippen LogP contribution in [0.5, 0.6) is 5.75 Å². The number of para-hydroxylation sites is 2. The van der Waals surface area contributed by atoms with Gasteiger partial charge in [-0.3, -0.25) is 9.59 Å². The van der Waals surface area contributed by atoms with Gasteiger partial charge in [-0.1, -0.05) is 37.3 Å². The number of aryl methyl sites for hydroxylation is 1. The fourth-order valence-electron chi connectivity index (χ4n) is 3.26. The molecular weight excluding hydrogens is 340 g/mol. The minimum Gasteiger partial charge on any atom is -0.481 e. The van der Waals surface area contributed by atoms with E-state index in [1.165, 1.54) is 0 Å². The highest BCUT2D eigenvalue weighted by molar-refractivity contribution is 6.04. The molecule has 1 aliphatic rings. The number of nitrogens with one attached hydrogen (secondary N) is 1. The van der Waals surface area contributed by atoms with E-state index in [-0.39, 0.29) is 11.8 Å². The van der Waals surface area contributed by atoms with Crippen molar-refractivity contribution >= 4 is 17.5 Å². The topological polar surface area (TPSA) is 58.6 Å². The molecule has 3 rings (SSSR count). The standard InChI is InChI=1S/C22H26N2O3/c1-3-17-10-4-7-13-20(17)27-16(2)21(25)23-19-12-6-5-11-18(19)22(26)24-14-8-9-15-24/h4-7,10-13,16H,3,8-9,14-15H2,1-2H3,(H,23,25)/t16-/m1/s1. The van der Waals surface area contributed by atoms with Crippen LogP contribution in [0.25, 0.3) is 0 Å². The molecule has 0 unspecified atom stereocenters. The Morgan fingerprint density at radius 2 is 1.74 bits per heavy atom. The molecule has 1 fully saturated rings. The van der Waals surface area contributed by atoms with E-state index >= 15 is 0 Å². The Bertz CT molecular complexity index is 813. The Morgan fingerprint density at radius 3 is 2.48 bits per heavy atom. The van der Waals surface area contributed by atoms with Gasteiger partial charge < -0.3 is 15.0 Å². The zero-order valence-electron chi connectivity index (χ0n) is 15.9. The van der Waals surface area contributed by atoms with Crippen molar-refractivity contribution < 1.29 is 14.3 Å². The molecule has 27 heavy (non-hydrogen) atoms. The third-order valence-corrected chi connectivity index (χ3v) is 4.84. The quantitative estimate of drug-likeness (QED) is 0.844. The van der Waals surface area contributed by atoms with Crippen molar-refractivity contribution in [3.8, 4) is 5.75 Å². The molecule has 1 heterocycles. The number of likely N-dealkylation sites (tertiary alicyclic amines) is 1. The second-order valence-electron chi connectivity index (χ2n) is 6.76. The highest BCUT2D eigenvalue weighted by atomic mass is 16.5. The van der Waals surface area contributed by atoms with Crippen molar-refractivity contribution in [2.24, 2.45) is 0 Å². The first-order valence-electron chi connectivity index (χ1n) is 9.54. The van der Waals surface area contributed by atoms with Gasteiger partial charge in [0, 0.05) is 13.1 Å². The summed E-state index contributed by atoms with van der Waals surface area (Å²) in [4.78, 5) is 27.2. The number of hydrogen-bond acceptors (Lipinski definition) is 3. The molecule has 5 nitrogen and oxygen atoms in total.